The third kappa shape index (κ3) is 3.62. The summed E-state index contributed by atoms with van der Waals surface area (Å²) in [6.45, 7) is 2.03. The van der Waals surface area contributed by atoms with Crippen molar-refractivity contribution >= 4 is 11.7 Å². The Kier molecular flexibility index (Phi) is 3.84. The van der Waals surface area contributed by atoms with Crippen LogP contribution >= 0.6 is 0 Å². The zero-order valence-electron chi connectivity index (χ0n) is 10.6. The zero-order chi connectivity index (χ0) is 13.7. The first kappa shape index (κ1) is 12.7. The minimum atomic E-state index is -0.593. The molecule has 0 saturated carbocycles. The molecule has 0 radical (unpaired) electrons. The van der Waals surface area contributed by atoms with Gasteiger partial charge in [-0.05, 0) is 31.2 Å². The highest BCUT2D eigenvalue weighted by atomic mass is 16.2. The van der Waals surface area contributed by atoms with Gasteiger partial charge in [-0.3, -0.25) is 0 Å². The number of para-hydroxylation sites is 1. The molecule has 2 rings (SSSR count). The predicted octanol–water partition coefficient (Wildman–Crippen LogP) is 2.89. The summed E-state index contributed by atoms with van der Waals surface area (Å²) in [7, 11) is 0. The van der Waals surface area contributed by atoms with E-state index in [0.29, 0.717) is 5.69 Å². The van der Waals surface area contributed by atoms with Gasteiger partial charge in [0.05, 0.1) is 5.69 Å². The van der Waals surface area contributed by atoms with E-state index >= 15 is 0 Å². The summed E-state index contributed by atoms with van der Waals surface area (Å²) >= 11 is 0. The van der Waals surface area contributed by atoms with Gasteiger partial charge in [-0.1, -0.05) is 41.7 Å². The molecular formula is C16H14N2O. The zero-order valence-corrected chi connectivity index (χ0v) is 10.6. The molecule has 0 spiro atoms. The highest BCUT2D eigenvalue weighted by Gasteiger charge is 2.00. The van der Waals surface area contributed by atoms with Crippen LogP contribution in [0.15, 0.2) is 48.5 Å². The second-order valence-corrected chi connectivity index (χ2v) is 4.15. The number of amides is 2. The Balaban J connectivity index is 2.29. The number of benzene rings is 2. The minimum absolute atomic E-state index is 0.593. The van der Waals surface area contributed by atoms with E-state index in [1.165, 1.54) is 5.56 Å². The van der Waals surface area contributed by atoms with Crippen LogP contribution in [0.1, 0.15) is 16.7 Å². The summed E-state index contributed by atoms with van der Waals surface area (Å²) in [5.74, 6) is 6.09. The molecule has 3 heteroatoms. The average molecular weight is 250 g/mol. The summed E-state index contributed by atoms with van der Waals surface area (Å²) in [6, 6.07) is 14.7. The van der Waals surface area contributed by atoms with Crippen LogP contribution in [-0.2, 0) is 0 Å². The van der Waals surface area contributed by atoms with Gasteiger partial charge >= 0.3 is 6.03 Å². The third-order valence-electron chi connectivity index (χ3n) is 2.58. The van der Waals surface area contributed by atoms with Crippen molar-refractivity contribution in [2.45, 2.75) is 6.92 Å². The van der Waals surface area contributed by atoms with Gasteiger partial charge in [0.2, 0.25) is 0 Å². The van der Waals surface area contributed by atoms with Crippen LogP contribution in [0.2, 0.25) is 0 Å². The fourth-order valence-corrected chi connectivity index (χ4v) is 1.61. The Morgan fingerprint density at radius 3 is 2.42 bits per heavy atom. The maximum absolute atomic E-state index is 10.9. The van der Waals surface area contributed by atoms with Crippen molar-refractivity contribution in [1.29, 1.82) is 0 Å². The van der Waals surface area contributed by atoms with Gasteiger partial charge in [0.15, 0.2) is 0 Å². The molecule has 0 atom stereocenters. The first-order chi connectivity index (χ1) is 9.15. The molecule has 2 aromatic rings. The van der Waals surface area contributed by atoms with Crippen LogP contribution in [0.4, 0.5) is 10.5 Å². The maximum atomic E-state index is 10.9. The first-order valence-electron chi connectivity index (χ1n) is 5.89. The van der Waals surface area contributed by atoms with Gasteiger partial charge in [0, 0.05) is 11.1 Å². The van der Waals surface area contributed by atoms with Gasteiger partial charge in [0.25, 0.3) is 0 Å². The van der Waals surface area contributed by atoms with Gasteiger partial charge < -0.3 is 11.1 Å². The van der Waals surface area contributed by atoms with Crippen LogP contribution in [0.5, 0.6) is 0 Å². The number of urea groups is 1. The van der Waals surface area contributed by atoms with E-state index in [1.54, 1.807) is 6.07 Å². The van der Waals surface area contributed by atoms with E-state index in [-0.39, 0.29) is 0 Å². The highest BCUT2D eigenvalue weighted by molar-refractivity contribution is 5.89. The number of nitrogens with two attached hydrogens (primary N) is 1. The first-order valence-corrected chi connectivity index (χ1v) is 5.89. The van der Waals surface area contributed by atoms with Crippen molar-refractivity contribution < 1.29 is 4.79 Å². The van der Waals surface area contributed by atoms with Gasteiger partial charge in [-0.15, -0.1) is 0 Å². The molecular weight excluding hydrogens is 236 g/mol. The number of carbonyl (C=O) groups excluding carboxylic acids is 1. The van der Waals surface area contributed by atoms with E-state index < -0.39 is 6.03 Å². The normalized spacial score (nSPS) is 9.32. The van der Waals surface area contributed by atoms with Crippen molar-refractivity contribution in [2.75, 3.05) is 5.32 Å². The summed E-state index contributed by atoms with van der Waals surface area (Å²) in [5.41, 5.74) is 8.60. The minimum Gasteiger partial charge on any atom is -0.351 e. The van der Waals surface area contributed by atoms with Gasteiger partial charge in [-0.25, -0.2) is 4.79 Å². The van der Waals surface area contributed by atoms with E-state index in [4.69, 9.17) is 5.73 Å². The number of anilines is 1. The fourth-order valence-electron chi connectivity index (χ4n) is 1.61. The van der Waals surface area contributed by atoms with Crippen molar-refractivity contribution in [3.05, 3.63) is 65.2 Å². The second kappa shape index (κ2) is 5.74. The molecule has 0 aliphatic carbocycles. The van der Waals surface area contributed by atoms with Crippen molar-refractivity contribution in [3.8, 4) is 11.8 Å². The summed E-state index contributed by atoms with van der Waals surface area (Å²) < 4.78 is 0. The Bertz CT molecular complexity index is 648. The van der Waals surface area contributed by atoms with Crippen LogP contribution in [-0.4, -0.2) is 6.03 Å². The van der Waals surface area contributed by atoms with Gasteiger partial charge in [0.1, 0.15) is 0 Å². The predicted molar refractivity (Wildman–Crippen MR) is 76.8 cm³/mol. The average Bonchev–Trinajstić information content (AvgIpc) is 2.39. The molecule has 3 N–H and O–H groups in total. The van der Waals surface area contributed by atoms with Crippen LogP contribution in [0.3, 0.4) is 0 Å². The number of hydrogen-bond acceptors (Lipinski definition) is 1. The molecule has 0 aromatic heterocycles. The number of carbonyl (C=O) groups is 1. The smallest absolute Gasteiger partial charge is 0.316 e. The Hall–Kier alpha value is -2.73. The molecule has 2 aromatic carbocycles. The summed E-state index contributed by atoms with van der Waals surface area (Å²) in [5, 5.41) is 2.56. The van der Waals surface area contributed by atoms with Crippen molar-refractivity contribution in [2.24, 2.45) is 5.73 Å². The standard InChI is InChI=1S/C16H14N2O/c1-12-6-8-13(9-7-12)10-11-14-4-2-3-5-15(14)18-16(17)19/h2-9H,1H3,(H3,17,18,19). The number of nitrogens with one attached hydrogen (secondary N) is 1. The molecule has 0 heterocycles. The molecule has 3 nitrogen and oxygen atoms in total. The second-order valence-electron chi connectivity index (χ2n) is 4.15. The third-order valence-corrected chi connectivity index (χ3v) is 2.58. The molecule has 0 aliphatic rings. The number of rotatable bonds is 1. The lowest BCUT2D eigenvalue weighted by Crippen LogP contribution is -2.19. The summed E-state index contributed by atoms with van der Waals surface area (Å²) in [4.78, 5) is 10.9. The quantitative estimate of drug-likeness (QED) is 0.751. The van der Waals surface area contributed by atoms with E-state index in [0.717, 1.165) is 11.1 Å². The van der Waals surface area contributed by atoms with Crippen LogP contribution in [0.25, 0.3) is 0 Å². The topological polar surface area (TPSA) is 55.1 Å². The van der Waals surface area contributed by atoms with Crippen molar-refractivity contribution in [1.82, 2.24) is 0 Å². The molecule has 0 fully saturated rings. The number of aryl methyl sites for hydroxylation is 1. The number of primary amides is 1. The molecule has 0 saturated heterocycles. The molecule has 0 bridgehead atoms. The lowest BCUT2D eigenvalue weighted by atomic mass is 10.1. The Morgan fingerprint density at radius 1 is 1.05 bits per heavy atom. The van der Waals surface area contributed by atoms with Gasteiger partial charge in [-0.2, -0.15) is 0 Å². The SMILES string of the molecule is Cc1ccc(C#Cc2ccccc2NC(N)=O)cc1. The fraction of sp³-hybridized carbons (Fsp3) is 0.0625. The van der Waals surface area contributed by atoms with Crippen LogP contribution < -0.4 is 11.1 Å². The lowest BCUT2D eigenvalue weighted by Gasteiger charge is -2.03. The maximum Gasteiger partial charge on any atom is 0.316 e. The molecule has 94 valence electrons. The van der Waals surface area contributed by atoms with Crippen LogP contribution in [0, 0.1) is 18.8 Å². The molecule has 2 amide bonds. The van der Waals surface area contributed by atoms with E-state index in [2.05, 4.69) is 17.2 Å². The highest BCUT2D eigenvalue weighted by Crippen LogP contribution is 2.13. The van der Waals surface area contributed by atoms with Crippen molar-refractivity contribution in [3.63, 3.8) is 0 Å². The summed E-state index contributed by atoms with van der Waals surface area (Å²) in [6.07, 6.45) is 0. The van der Waals surface area contributed by atoms with E-state index in [9.17, 15) is 4.79 Å². The monoisotopic (exact) mass is 250 g/mol. The number of hydrogen-bond donors (Lipinski definition) is 2. The molecule has 0 unspecified atom stereocenters. The molecule has 19 heavy (non-hydrogen) atoms. The largest absolute Gasteiger partial charge is 0.351 e. The molecule has 0 aliphatic heterocycles. The Morgan fingerprint density at radius 2 is 1.74 bits per heavy atom. The Labute approximate surface area is 112 Å². The lowest BCUT2D eigenvalue weighted by molar-refractivity contribution is 0.259. The van der Waals surface area contributed by atoms with E-state index in [1.807, 2.05) is 49.4 Å².